The van der Waals surface area contributed by atoms with Crippen molar-refractivity contribution in [3.63, 3.8) is 0 Å². The number of nitrogens with two attached hydrogens (primary N) is 1. The Kier molecular flexibility index (Phi) is 3.05. The molecule has 0 saturated carbocycles. The quantitative estimate of drug-likeness (QED) is 0.730. The normalized spacial score (nSPS) is 10.2. The van der Waals surface area contributed by atoms with E-state index in [9.17, 15) is 0 Å². The summed E-state index contributed by atoms with van der Waals surface area (Å²) in [6.07, 6.45) is 4.68. The standard InChI is InChI=1S/C9H15N3/c1-3-12-7-9(6-11-12)8(2)4-5-10/h6-7H,2-5,10H2,1H3. The first-order valence-electron chi connectivity index (χ1n) is 4.18. The van der Waals surface area contributed by atoms with Crippen LogP contribution in [-0.2, 0) is 6.54 Å². The molecule has 0 radical (unpaired) electrons. The summed E-state index contributed by atoms with van der Waals surface area (Å²) < 4.78 is 1.89. The summed E-state index contributed by atoms with van der Waals surface area (Å²) in [6.45, 7) is 7.53. The second kappa shape index (κ2) is 4.07. The van der Waals surface area contributed by atoms with Gasteiger partial charge in [0.05, 0.1) is 6.20 Å². The maximum Gasteiger partial charge on any atom is 0.0564 e. The monoisotopic (exact) mass is 165 g/mol. The Morgan fingerprint density at radius 1 is 1.75 bits per heavy atom. The van der Waals surface area contributed by atoms with Crippen LogP contribution in [0.4, 0.5) is 0 Å². The van der Waals surface area contributed by atoms with E-state index in [-0.39, 0.29) is 0 Å². The first kappa shape index (κ1) is 9.00. The third-order valence-electron chi connectivity index (χ3n) is 1.81. The van der Waals surface area contributed by atoms with Crippen LogP contribution in [0.5, 0.6) is 0 Å². The van der Waals surface area contributed by atoms with Crippen molar-refractivity contribution in [1.29, 1.82) is 0 Å². The molecule has 3 nitrogen and oxygen atoms in total. The van der Waals surface area contributed by atoms with Gasteiger partial charge in [-0.1, -0.05) is 6.58 Å². The van der Waals surface area contributed by atoms with Gasteiger partial charge in [0.15, 0.2) is 0 Å². The molecule has 0 atom stereocenters. The van der Waals surface area contributed by atoms with Gasteiger partial charge in [0.1, 0.15) is 0 Å². The zero-order chi connectivity index (χ0) is 8.97. The summed E-state index contributed by atoms with van der Waals surface area (Å²) in [5, 5.41) is 4.15. The van der Waals surface area contributed by atoms with Gasteiger partial charge < -0.3 is 5.73 Å². The molecule has 0 aliphatic heterocycles. The fourth-order valence-electron chi connectivity index (χ4n) is 1.04. The minimum absolute atomic E-state index is 0.649. The van der Waals surface area contributed by atoms with Gasteiger partial charge in [-0.25, -0.2) is 0 Å². The Hall–Kier alpha value is -1.09. The third-order valence-corrected chi connectivity index (χ3v) is 1.81. The van der Waals surface area contributed by atoms with Crippen molar-refractivity contribution < 1.29 is 0 Å². The molecular weight excluding hydrogens is 150 g/mol. The van der Waals surface area contributed by atoms with Crippen molar-refractivity contribution in [2.75, 3.05) is 6.54 Å². The van der Waals surface area contributed by atoms with E-state index < -0.39 is 0 Å². The number of hydrogen-bond acceptors (Lipinski definition) is 2. The van der Waals surface area contributed by atoms with Gasteiger partial charge in [-0.2, -0.15) is 5.10 Å². The van der Waals surface area contributed by atoms with E-state index in [4.69, 9.17) is 5.73 Å². The summed E-state index contributed by atoms with van der Waals surface area (Å²) in [7, 11) is 0. The van der Waals surface area contributed by atoms with Crippen LogP contribution < -0.4 is 5.73 Å². The van der Waals surface area contributed by atoms with E-state index in [1.165, 1.54) is 0 Å². The molecular formula is C9H15N3. The van der Waals surface area contributed by atoms with E-state index in [1.54, 1.807) is 0 Å². The van der Waals surface area contributed by atoms with Gasteiger partial charge in [0.25, 0.3) is 0 Å². The number of aromatic nitrogens is 2. The van der Waals surface area contributed by atoms with Crippen molar-refractivity contribution >= 4 is 5.57 Å². The van der Waals surface area contributed by atoms with E-state index in [2.05, 4.69) is 18.6 Å². The van der Waals surface area contributed by atoms with Crippen LogP contribution in [0, 0.1) is 0 Å². The fourth-order valence-corrected chi connectivity index (χ4v) is 1.04. The van der Waals surface area contributed by atoms with Crippen LogP contribution in [0.1, 0.15) is 18.9 Å². The molecule has 1 heterocycles. The molecule has 1 rings (SSSR count). The smallest absolute Gasteiger partial charge is 0.0564 e. The minimum atomic E-state index is 0.649. The van der Waals surface area contributed by atoms with Gasteiger partial charge in [-0.15, -0.1) is 0 Å². The first-order valence-corrected chi connectivity index (χ1v) is 4.18. The highest BCUT2D eigenvalue weighted by Gasteiger charge is 2.00. The van der Waals surface area contributed by atoms with Gasteiger partial charge in [0, 0.05) is 18.3 Å². The maximum atomic E-state index is 5.42. The van der Waals surface area contributed by atoms with Crippen LogP contribution in [0.15, 0.2) is 19.0 Å². The molecule has 3 heteroatoms. The van der Waals surface area contributed by atoms with Crippen molar-refractivity contribution in [2.24, 2.45) is 5.73 Å². The lowest BCUT2D eigenvalue weighted by molar-refractivity contribution is 0.659. The van der Waals surface area contributed by atoms with E-state index in [0.717, 1.165) is 24.1 Å². The molecule has 0 amide bonds. The lowest BCUT2D eigenvalue weighted by Crippen LogP contribution is -1.98. The molecule has 0 saturated heterocycles. The summed E-state index contributed by atoms with van der Waals surface area (Å²) in [4.78, 5) is 0. The molecule has 2 N–H and O–H groups in total. The van der Waals surface area contributed by atoms with Crippen LogP contribution in [0.2, 0.25) is 0 Å². The topological polar surface area (TPSA) is 43.8 Å². The Balaban J connectivity index is 2.68. The molecule has 66 valence electrons. The Labute approximate surface area is 72.9 Å². The van der Waals surface area contributed by atoms with Crippen LogP contribution in [0.25, 0.3) is 5.57 Å². The molecule has 0 aliphatic rings. The average molecular weight is 165 g/mol. The predicted octanol–water partition coefficient (Wildman–Crippen LogP) is 1.27. The summed E-state index contributed by atoms with van der Waals surface area (Å²) >= 11 is 0. The first-order chi connectivity index (χ1) is 5.77. The molecule has 0 fully saturated rings. The van der Waals surface area contributed by atoms with E-state index >= 15 is 0 Å². The van der Waals surface area contributed by atoms with Crippen molar-refractivity contribution in [1.82, 2.24) is 9.78 Å². The summed E-state index contributed by atoms with van der Waals surface area (Å²) in [5.41, 5.74) is 7.58. The van der Waals surface area contributed by atoms with Crippen LogP contribution >= 0.6 is 0 Å². The van der Waals surface area contributed by atoms with Gasteiger partial charge in [-0.05, 0) is 25.5 Å². The third kappa shape index (κ3) is 1.95. The molecule has 0 aromatic carbocycles. The van der Waals surface area contributed by atoms with Crippen molar-refractivity contribution in [2.45, 2.75) is 19.9 Å². The summed E-state index contributed by atoms with van der Waals surface area (Å²) in [6, 6.07) is 0. The zero-order valence-corrected chi connectivity index (χ0v) is 7.45. The number of aryl methyl sites for hydroxylation is 1. The lowest BCUT2D eigenvalue weighted by Gasteiger charge is -1.98. The Morgan fingerprint density at radius 3 is 3.00 bits per heavy atom. The second-order valence-corrected chi connectivity index (χ2v) is 2.73. The van der Waals surface area contributed by atoms with Gasteiger partial charge in [-0.3, -0.25) is 4.68 Å². The number of rotatable bonds is 4. The van der Waals surface area contributed by atoms with Crippen LogP contribution in [0.3, 0.4) is 0 Å². The van der Waals surface area contributed by atoms with E-state index in [0.29, 0.717) is 6.54 Å². The Bertz CT molecular complexity index is 262. The van der Waals surface area contributed by atoms with Crippen LogP contribution in [-0.4, -0.2) is 16.3 Å². The zero-order valence-electron chi connectivity index (χ0n) is 7.45. The van der Waals surface area contributed by atoms with Gasteiger partial charge in [0.2, 0.25) is 0 Å². The lowest BCUT2D eigenvalue weighted by atomic mass is 10.1. The highest BCUT2D eigenvalue weighted by molar-refractivity contribution is 5.61. The molecule has 0 unspecified atom stereocenters. The number of hydrogen-bond donors (Lipinski definition) is 1. The SMILES string of the molecule is C=C(CCN)c1cnn(CC)c1. The highest BCUT2D eigenvalue weighted by atomic mass is 15.3. The molecule has 1 aromatic rings. The van der Waals surface area contributed by atoms with Crippen molar-refractivity contribution in [3.8, 4) is 0 Å². The molecule has 0 bridgehead atoms. The number of nitrogens with zero attached hydrogens (tertiary/aromatic N) is 2. The molecule has 0 spiro atoms. The average Bonchev–Trinajstić information content (AvgIpc) is 2.52. The molecule has 1 aromatic heterocycles. The Morgan fingerprint density at radius 2 is 2.50 bits per heavy atom. The van der Waals surface area contributed by atoms with Crippen molar-refractivity contribution in [3.05, 3.63) is 24.5 Å². The maximum absolute atomic E-state index is 5.42. The molecule has 0 aliphatic carbocycles. The van der Waals surface area contributed by atoms with E-state index in [1.807, 2.05) is 17.1 Å². The fraction of sp³-hybridized carbons (Fsp3) is 0.444. The largest absolute Gasteiger partial charge is 0.330 e. The van der Waals surface area contributed by atoms with Gasteiger partial charge >= 0.3 is 0 Å². The predicted molar refractivity (Wildman–Crippen MR) is 50.6 cm³/mol. The minimum Gasteiger partial charge on any atom is -0.330 e. The second-order valence-electron chi connectivity index (χ2n) is 2.73. The highest BCUT2D eigenvalue weighted by Crippen LogP contribution is 2.13. The summed E-state index contributed by atoms with van der Waals surface area (Å²) in [5.74, 6) is 0. The molecule has 12 heavy (non-hydrogen) atoms.